The fourth-order valence-electron chi connectivity index (χ4n) is 1.67. The summed E-state index contributed by atoms with van der Waals surface area (Å²) in [4.78, 5) is 23.1. The summed E-state index contributed by atoms with van der Waals surface area (Å²) in [5.41, 5.74) is 6.27. The van der Waals surface area contributed by atoms with E-state index in [4.69, 9.17) is 15.2 Å². The van der Waals surface area contributed by atoms with Crippen LogP contribution in [0.1, 0.15) is 5.56 Å². The molecule has 1 aromatic carbocycles. The normalized spacial score (nSPS) is 11.9. The van der Waals surface area contributed by atoms with Crippen molar-refractivity contribution in [2.45, 2.75) is 12.5 Å². The van der Waals surface area contributed by atoms with Gasteiger partial charge in [-0.1, -0.05) is 12.1 Å². The van der Waals surface area contributed by atoms with Crippen LogP contribution < -0.4 is 11.1 Å². The minimum Gasteiger partial charge on any atom is -0.382 e. The van der Waals surface area contributed by atoms with Gasteiger partial charge in [0.15, 0.2) is 0 Å². The van der Waals surface area contributed by atoms with Crippen LogP contribution in [0.15, 0.2) is 24.3 Å². The van der Waals surface area contributed by atoms with Gasteiger partial charge in [0.1, 0.15) is 12.6 Å². The van der Waals surface area contributed by atoms with Crippen LogP contribution in [-0.2, 0) is 25.5 Å². The van der Waals surface area contributed by atoms with Gasteiger partial charge < -0.3 is 20.5 Å². The van der Waals surface area contributed by atoms with Gasteiger partial charge in [0, 0.05) is 17.1 Å². The predicted octanol–water partition coefficient (Wildman–Crippen LogP) is 0.467. The average Bonchev–Trinajstić information content (AvgIpc) is 2.43. The van der Waals surface area contributed by atoms with E-state index in [2.05, 4.69) is 27.9 Å². The molecular weight excluding hydrogens is 387 g/mol. The van der Waals surface area contributed by atoms with Crippen molar-refractivity contribution < 1.29 is 19.1 Å². The van der Waals surface area contributed by atoms with Crippen molar-refractivity contribution in [3.8, 4) is 0 Å². The first-order valence-corrected chi connectivity index (χ1v) is 7.50. The summed E-state index contributed by atoms with van der Waals surface area (Å²) in [5, 5.41) is 2.58. The average molecular weight is 406 g/mol. The number of rotatable bonds is 9. The number of halogens is 1. The van der Waals surface area contributed by atoms with Gasteiger partial charge in [0.25, 0.3) is 0 Å². The van der Waals surface area contributed by atoms with Gasteiger partial charge in [0.05, 0.1) is 13.2 Å². The lowest BCUT2D eigenvalue weighted by Crippen LogP contribution is -2.47. The lowest BCUT2D eigenvalue weighted by Gasteiger charge is -2.16. The maximum atomic E-state index is 11.7. The Hall–Kier alpha value is -1.19. The number of carbonyl (C=O) groups is 2. The smallest absolute Gasteiger partial charge is 0.246 e. The molecule has 0 heterocycles. The Balaban J connectivity index is 2.50. The molecule has 0 aromatic heterocycles. The van der Waals surface area contributed by atoms with E-state index in [1.807, 2.05) is 24.3 Å². The standard InChI is InChI=1S/C14H19IN2O4/c1-20-5-6-21-9-13(18)17-12(14(16)19)8-10-3-2-4-11(15)7-10/h2-4,7,12H,5-6,8-9H2,1H3,(H2,16,19)(H,17,18)/t12-/m0/s1. The van der Waals surface area contributed by atoms with Crippen LogP contribution in [0, 0.1) is 3.57 Å². The third kappa shape index (κ3) is 7.39. The van der Waals surface area contributed by atoms with Crippen LogP contribution in [0.5, 0.6) is 0 Å². The molecule has 0 aliphatic carbocycles. The molecule has 6 nitrogen and oxygen atoms in total. The topological polar surface area (TPSA) is 90.7 Å². The first-order valence-electron chi connectivity index (χ1n) is 6.42. The molecule has 0 unspecified atom stereocenters. The van der Waals surface area contributed by atoms with Crippen LogP contribution in [0.25, 0.3) is 0 Å². The molecule has 0 radical (unpaired) electrons. The van der Waals surface area contributed by atoms with E-state index in [9.17, 15) is 9.59 Å². The summed E-state index contributed by atoms with van der Waals surface area (Å²) in [7, 11) is 1.55. The highest BCUT2D eigenvalue weighted by Crippen LogP contribution is 2.09. The van der Waals surface area contributed by atoms with Crippen LogP contribution >= 0.6 is 22.6 Å². The van der Waals surface area contributed by atoms with Crippen LogP contribution in [0.3, 0.4) is 0 Å². The number of ether oxygens (including phenoxy) is 2. The van der Waals surface area contributed by atoms with E-state index in [1.54, 1.807) is 7.11 Å². The highest BCUT2D eigenvalue weighted by Gasteiger charge is 2.18. The highest BCUT2D eigenvalue weighted by atomic mass is 127. The number of nitrogens with one attached hydrogen (secondary N) is 1. The Kier molecular flexibility index (Phi) is 8.24. The van der Waals surface area contributed by atoms with Crippen molar-refractivity contribution in [1.82, 2.24) is 5.32 Å². The second kappa shape index (κ2) is 9.69. The molecule has 1 atom stereocenters. The summed E-state index contributed by atoms with van der Waals surface area (Å²) < 4.78 is 11.0. The zero-order valence-corrected chi connectivity index (χ0v) is 14.0. The molecule has 0 aliphatic rings. The lowest BCUT2D eigenvalue weighted by molar-refractivity contribution is -0.130. The third-order valence-corrected chi connectivity index (χ3v) is 3.34. The monoisotopic (exact) mass is 406 g/mol. The van der Waals surface area contributed by atoms with E-state index in [0.717, 1.165) is 9.13 Å². The number of hydrogen-bond donors (Lipinski definition) is 2. The number of benzene rings is 1. The zero-order valence-electron chi connectivity index (χ0n) is 11.8. The number of hydrogen-bond acceptors (Lipinski definition) is 4. The second-order valence-corrected chi connectivity index (χ2v) is 5.65. The van der Waals surface area contributed by atoms with Gasteiger partial charge in [0.2, 0.25) is 11.8 Å². The molecule has 1 aromatic rings. The molecule has 0 saturated carbocycles. The molecule has 0 saturated heterocycles. The van der Waals surface area contributed by atoms with Gasteiger partial charge in [-0.2, -0.15) is 0 Å². The van der Waals surface area contributed by atoms with Crippen LogP contribution in [0.4, 0.5) is 0 Å². The minimum absolute atomic E-state index is 0.126. The van der Waals surface area contributed by atoms with Gasteiger partial charge in [-0.15, -0.1) is 0 Å². The van der Waals surface area contributed by atoms with E-state index >= 15 is 0 Å². The molecule has 0 spiro atoms. The van der Waals surface area contributed by atoms with Gasteiger partial charge in [-0.3, -0.25) is 9.59 Å². The molecule has 2 amide bonds. The molecular formula is C14H19IN2O4. The summed E-state index contributed by atoms with van der Waals surface area (Å²) in [6, 6.07) is 6.93. The maximum absolute atomic E-state index is 11.7. The molecule has 0 fully saturated rings. The molecule has 116 valence electrons. The van der Waals surface area contributed by atoms with E-state index < -0.39 is 11.9 Å². The van der Waals surface area contributed by atoms with Crippen molar-refractivity contribution in [2.75, 3.05) is 26.9 Å². The summed E-state index contributed by atoms with van der Waals surface area (Å²) in [6.07, 6.45) is 0.357. The Labute approximate surface area is 137 Å². The zero-order chi connectivity index (χ0) is 15.7. The minimum atomic E-state index is -0.748. The van der Waals surface area contributed by atoms with Gasteiger partial charge in [-0.05, 0) is 40.3 Å². The van der Waals surface area contributed by atoms with Crippen molar-refractivity contribution in [3.05, 3.63) is 33.4 Å². The molecule has 7 heteroatoms. The highest BCUT2D eigenvalue weighted by molar-refractivity contribution is 14.1. The molecule has 3 N–H and O–H groups in total. The number of amides is 2. The van der Waals surface area contributed by atoms with Crippen molar-refractivity contribution in [3.63, 3.8) is 0 Å². The summed E-state index contributed by atoms with van der Waals surface area (Å²) in [6.45, 7) is 0.608. The fourth-order valence-corrected chi connectivity index (χ4v) is 2.27. The van der Waals surface area contributed by atoms with Crippen molar-refractivity contribution >= 4 is 34.4 Å². The maximum Gasteiger partial charge on any atom is 0.246 e. The second-order valence-electron chi connectivity index (χ2n) is 4.40. The summed E-state index contributed by atoms with van der Waals surface area (Å²) in [5.74, 6) is -0.945. The fraction of sp³-hybridized carbons (Fsp3) is 0.429. The molecule has 1 rings (SSSR count). The first-order chi connectivity index (χ1) is 10.0. The Morgan fingerprint density at radius 3 is 2.76 bits per heavy atom. The van der Waals surface area contributed by atoms with Gasteiger partial charge >= 0.3 is 0 Å². The predicted molar refractivity (Wildman–Crippen MR) is 86.7 cm³/mol. The quantitative estimate of drug-likeness (QED) is 0.461. The summed E-state index contributed by atoms with van der Waals surface area (Å²) >= 11 is 2.19. The molecule has 0 bridgehead atoms. The largest absolute Gasteiger partial charge is 0.382 e. The Bertz CT molecular complexity index is 482. The van der Waals surface area contributed by atoms with Gasteiger partial charge in [-0.25, -0.2) is 0 Å². The molecule has 0 aliphatic heterocycles. The number of nitrogens with two attached hydrogens (primary N) is 1. The van der Waals surface area contributed by atoms with Crippen LogP contribution in [0.2, 0.25) is 0 Å². The lowest BCUT2D eigenvalue weighted by atomic mass is 10.1. The Morgan fingerprint density at radius 2 is 2.14 bits per heavy atom. The SMILES string of the molecule is COCCOCC(=O)N[C@@H](Cc1cccc(I)c1)C(N)=O. The number of methoxy groups -OCH3 is 1. The van der Waals surface area contributed by atoms with E-state index in [-0.39, 0.29) is 12.5 Å². The van der Waals surface area contributed by atoms with Crippen LogP contribution in [-0.4, -0.2) is 44.8 Å². The Morgan fingerprint density at radius 1 is 1.38 bits per heavy atom. The van der Waals surface area contributed by atoms with E-state index in [0.29, 0.717) is 19.6 Å². The number of primary amides is 1. The number of carbonyl (C=O) groups excluding carboxylic acids is 2. The van der Waals surface area contributed by atoms with Crippen molar-refractivity contribution in [2.24, 2.45) is 5.73 Å². The molecule has 21 heavy (non-hydrogen) atoms. The van der Waals surface area contributed by atoms with E-state index in [1.165, 1.54) is 0 Å². The van der Waals surface area contributed by atoms with Crippen molar-refractivity contribution in [1.29, 1.82) is 0 Å². The first kappa shape index (κ1) is 17.9. The third-order valence-electron chi connectivity index (χ3n) is 2.67.